The second-order valence-corrected chi connectivity index (χ2v) is 3.94. The Morgan fingerprint density at radius 3 is 2.50 bits per heavy atom. The summed E-state index contributed by atoms with van der Waals surface area (Å²) >= 11 is 0. The molecule has 0 aliphatic carbocycles. The average molecular weight is 228 g/mol. The van der Waals surface area contributed by atoms with Crippen LogP contribution in [-0.2, 0) is 9.59 Å². The number of aliphatic carboxylic acids is 1. The third-order valence-corrected chi connectivity index (χ3v) is 2.12. The Morgan fingerprint density at radius 2 is 2.06 bits per heavy atom. The highest BCUT2D eigenvalue weighted by Crippen LogP contribution is 2.05. The molecular formula is C11H20N2O3. The molecule has 0 saturated heterocycles. The van der Waals surface area contributed by atoms with E-state index >= 15 is 0 Å². The minimum absolute atomic E-state index is 0.0507. The number of carboxylic acid groups (broad SMARTS) is 1. The van der Waals surface area contributed by atoms with E-state index in [4.69, 9.17) is 5.11 Å². The molecule has 0 aromatic carbocycles. The zero-order chi connectivity index (χ0) is 12.6. The Labute approximate surface area is 95.9 Å². The van der Waals surface area contributed by atoms with Gasteiger partial charge in [0.2, 0.25) is 5.91 Å². The topological polar surface area (TPSA) is 78.4 Å². The van der Waals surface area contributed by atoms with Crippen LogP contribution in [0.4, 0.5) is 0 Å². The van der Waals surface area contributed by atoms with Crippen molar-refractivity contribution < 1.29 is 14.7 Å². The van der Waals surface area contributed by atoms with Gasteiger partial charge in [0.15, 0.2) is 0 Å². The molecule has 0 saturated carbocycles. The minimum Gasteiger partial charge on any atom is -0.481 e. The van der Waals surface area contributed by atoms with Gasteiger partial charge >= 0.3 is 5.97 Å². The smallest absolute Gasteiger partial charge is 0.305 e. The van der Waals surface area contributed by atoms with Crippen LogP contribution in [0.5, 0.6) is 0 Å². The molecule has 0 bridgehead atoms. The number of hydrogen-bond donors (Lipinski definition) is 3. The fourth-order valence-electron chi connectivity index (χ4n) is 1.19. The third-order valence-electron chi connectivity index (χ3n) is 2.12. The van der Waals surface area contributed by atoms with Crippen molar-refractivity contribution in [1.29, 1.82) is 0 Å². The molecule has 0 aromatic heterocycles. The highest BCUT2D eigenvalue weighted by molar-refractivity contribution is 5.79. The zero-order valence-corrected chi connectivity index (χ0v) is 9.82. The molecule has 1 amide bonds. The molecule has 3 N–H and O–H groups in total. The van der Waals surface area contributed by atoms with Crippen LogP contribution < -0.4 is 10.6 Å². The van der Waals surface area contributed by atoms with E-state index in [2.05, 4.69) is 17.2 Å². The van der Waals surface area contributed by atoms with Crippen molar-refractivity contribution in [3.63, 3.8) is 0 Å². The summed E-state index contributed by atoms with van der Waals surface area (Å²) in [7, 11) is 0. The molecule has 5 heteroatoms. The summed E-state index contributed by atoms with van der Waals surface area (Å²) < 4.78 is 0. The van der Waals surface area contributed by atoms with Crippen molar-refractivity contribution in [2.24, 2.45) is 5.92 Å². The van der Waals surface area contributed by atoms with E-state index in [1.165, 1.54) is 0 Å². The van der Waals surface area contributed by atoms with Gasteiger partial charge in [-0.25, -0.2) is 0 Å². The summed E-state index contributed by atoms with van der Waals surface area (Å²) in [4.78, 5) is 22.0. The maximum atomic E-state index is 11.4. The number of rotatable bonds is 8. The molecule has 5 nitrogen and oxygen atoms in total. The lowest BCUT2D eigenvalue weighted by Gasteiger charge is -2.20. The standard InChI is InChI=1S/C11H20N2O3/c1-4-5-12-7-10(14)13-9(8(2)3)6-11(15)16/h4,8-9,12H,1,5-7H2,2-3H3,(H,13,14)(H,15,16). The molecule has 1 unspecified atom stereocenters. The fourth-order valence-corrected chi connectivity index (χ4v) is 1.19. The van der Waals surface area contributed by atoms with Crippen LogP contribution in [0.2, 0.25) is 0 Å². The van der Waals surface area contributed by atoms with Crippen molar-refractivity contribution >= 4 is 11.9 Å². The Kier molecular flexibility index (Phi) is 7.20. The van der Waals surface area contributed by atoms with Crippen molar-refractivity contribution in [3.8, 4) is 0 Å². The van der Waals surface area contributed by atoms with Gasteiger partial charge in [-0.1, -0.05) is 19.9 Å². The lowest BCUT2D eigenvalue weighted by Crippen LogP contribution is -2.44. The number of carbonyl (C=O) groups is 2. The lowest BCUT2D eigenvalue weighted by atomic mass is 10.0. The summed E-state index contributed by atoms with van der Waals surface area (Å²) in [6.07, 6.45) is 1.61. The minimum atomic E-state index is -0.905. The predicted octanol–water partition coefficient (Wildman–Crippen LogP) is 0.377. The summed E-state index contributed by atoms with van der Waals surface area (Å²) in [5, 5.41) is 14.2. The first kappa shape index (κ1) is 14.6. The highest BCUT2D eigenvalue weighted by Gasteiger charge is 2.18. The van der Waals surface area contributed by atoms with E-state index in [9.17, 15) is 9.59 Å². The Morgan fingerprint density at radius 1 is 1.44 bits per heavy atom. The zero-order valence-electron chi connectivity index (χ0n) is 9.82. The SMILES string of the molecule is C=CCNCC(=O)NC(CC(=O)O)C(C)C. The van der Waals surface area contributed by atoms with Crippen LogP contribution in [-0.4, -0.2) is 36.1 Å². The quantitative estimate of drug-likeness (QED) is 0.414. The Hall–Kier alpha value is -1.36. The first-order valence-corrected chi connectivity index (χ1v) is 5.30. The fraction of sp³-hybridized carbons (Fsp3) is 0.636. The van der Waals surface area contributed by atoms with Crippen LogP contribution in [0.25, 0.3) is 0 Å². The molecule has 16 heavy (non-hydrogen) atoms. The maximum absolute atomic E-state index is 11.4. The van der Waals surface area contributed by atoms with Crippen LogP contribution >= 0.6 is 0 Å². The molecule has 1 atom stereocenters. The molecule has 0 aromatic rings. The summed E-state index contributed by atoms with van der Waals surface area (Å²) in [5.74, 6) is -1.00. The summed E-state index contributed by atoms with van der Waals surface area (Å²) in [6, 6.07) is -0.324. The van der Waals surface area contributed by atoms with Crippen molar-refractivity contribution in [2.75, 3.05) is 13.1 Å². The number of amides is 1. The van der Waals surface area contributed by atoms with Gasteiger partial charge < -0.3 is 15.7 Å². The molecule has 0 heterocycles. The van der Waals surface area contributed by atoms with E-state index in [1.54, 1.807) is 6.08 Å². The molecule has 0 rings (SSSR count). The number of hydrogen-bond acceptors (Lipinski definition) is 3. The van der Waals surface area contributed by atoms with Crippen LogP contribution in [0.1, 0.15) is 20.3 Å². The monoisotopic (exact) mass is 228 g/mol. The van der Waals surface area contributed by atoms with Crippen LogP contribution in [0.15, 0.2) is 12.7 Å². The van der Waals surface area contributed by atoms with Gasteiger partial charge in [0.05, 0.1) is 13.0 Å². The number of carbonyl (C=O) groups excluding carboxylic acids is 1. The van der Waals surface area contributed by atoms with Gasteiger partial charge in [0.25, 0.3) is 0 Å². The van der Waals surface area contributed by atoms with Crippen molar-refractivity contribution in [2.45, 2.75) is 26.3 Å². The predicted molar refractivity (Wildman–Crippen MR) is 62.1 cm³/mol. The van der Waals surface area contributed by atoms with Gasteiger partial charge in [-0.15, -0.1) is 6.58 Å². The third kappa shape index (κ3) is 7.00. The number of carboxylic acids is 1. The van der Waals surface area contributed by atoms with E-state index in [1.807, 2.05) is 13.8 Å². The van der Waals surface area contributed by atoms with Gasteiger partial charge in [-0.2, -0.15) is 0 Å². The van der Waals surface area contributed by atoms with Gasteiger partial charge in [-0.3, -0.25) is 9.59 Å². The summed E-state index contributed by atoms with van der Waals surface area (Å²) in [5.41, 5.74) is 0. The normalized spacial score (nSPS) is 12.2. The first-order chi connectivity index (χ1) is 7.47. The summed E-state index contributed by atoms with van der Waals surface area (Å²) in [6.45, 7) is 8.00. The average Bonchev–Trinajstić information content (AvgIpc) is 2.16. The van der Waals surface area contributed by atoms with E-state index < -0.39 is 5.97 Å². The second kappa shape index (κ2) is 7.87. The van der Waals surface area contributed by atoms with Crippen molar-refractivity contribution in [3.05, 3.63) is 12.7 Å². The molecule has 0 fully saturated rings. The first-order valence-electron chi connectivity index (χ1n) is 5.30. The lowest BCUT2D eigenvalue weighted by molar-refractivity contribution is -0.138. The van der Waals surface area contributed by atoms with Crippen LogP contribution in [0.3, 0.4) is 0 Å². The molecule has 0 aliphatic heterocycles. The van der Waals surface area contributed by atoms with Crippen LogP contribution in [0, 0.1) is 5.92 Å². The molecular weight excluding hydrogens is 208 g/mol. The van der Waals surface area contributed by atoms with E-state index in [0.717, 1.165) is 0 Å². The van der Waals surface area contributed by atoms with Gasteiger partial charge in [0, 0.05) is 12.6 Å². The molecule has 0 spiro atoms. The molecule has 0 radical (unpaired) electrons. The number of nitrogens with one attached hydrogen (secondary N) is 2. The molecule has 0 aliphatic rings. The van der Waals surface area contributed by atoms with E-state index in [0.29, 0.717) is 6.54 Å². The van der Waals surface area contributed by atoms with Crippen molar-refractivity contribution in [1.82, 2.24) is 10.6 Å². The Bertz CT molecular complexity index is 252. The largest absolute Gasteiger partial charge is 0.481 e. The van der Waals surface area contributed by atoms with E-state index in [-0.39, 0.29) is 30.8 Å². The van der Waals surface area contributed by atoms with Gasteiger partial charge in [0.1, 0.15) is 0 Å². The molecule has 92 valence electrons. The maximum Gasteiger partial charge on any atom is 0.305 e. The highest BCUT2D eigenvalue weighted by atomic mass is 16.4. The second-order valence-electron chi connectivity index (χ2n) is 3.94. The van der Waals surface area contributed by atoms with Gasteiger partial charge in [-0.05, 0) is 5.92 Å². The Balaban J connectivity index is 4.02.